The van der Waals surface area contributed by atoms with E-state index in [1.165, 1.54) is 12.0 Å². The Balaban J connectivity index is 1.91. The molecular formula is C21H18ClN3O5S. The number of benzene rings is 2. The highest BCUT2D eigenvalue weighted by Gasteiger charge is 2.30. The highest BCUT2D eigenvalue weighted by Crippen LogP contribution is 2.35. The number of hydrogen-bond donors (Lipinski definition) is 1. The Morgan fingerprint density at radius 3 is 2.74 bits per heavy atom. The standard InChI is InChI=1S/C21H18ClN3O5S/c1-25-19(27)17(10-13-8-14(22)6-7-16(13)30-11-18(23)26)31-21(25)24-15-5-3-4-12(9-15)20(28)29-2/h3-10H,11H2,1-2H3,(H2,23,26). The molecule has 0 atom stereocenters. The third-order valence-electron chi connectivity index (χ3n) is 4.12. The number of primary amides is 1. The maximum atomic E-state index is 12.7. The quantitative estimate of drug-likeness (QED) is 0.524. The van der Waals surface area contributed by atoms with Crippen molar-refractivity contribution in [2.45, 2.75) is 0 Å². The van der Waals surface area contributed by atoms with E-state index < -0.39 is 11.9 Å². The molecule has 0 radical (unpaired) electrons. The number of nitrogens with two attached hydrogens (primary N) is 1. The number of carbonyl (C=O) groups excluding carboxylic acids is 3. The molecule has 0 spiro atoms. The van der Waals surface area contributed by atoms with Crippen LogP contribution in [0.3, 0.4) is 0 Å². The zero-order chi connectivity index (χ0) is 22.5. The summed E-state index contributed by atoms with van der Waals surface area (Å²) in [5, 5.41) is 0.871. The summed E-state index contributed by atoms with van der Waals surface area (Å²) in [7, 11) is 2.90. The molecule has 8 nitrogen and oxygen atoms in total. The van der Waals surface area contributed by atoms with Crippen LogP contribution in [0.4, 0.5) is 5.69 Å². The van der Waals surface area contributed by atoms with Crippen LogP contribution < -0.4 is 10.5 Å². The SMILES string of the molecule is COC(=O)c1cccc(N=C2SC(=Cc3cc(Cl)ccc3OCC(N)=O)C(=O)N2C)c1. The van der Waals surface area contributed by atoms with E-state index in [9.17, 15) is 14.4 Å². The van der Waals surface area contributed by atoms with Crippen molar-refractivity contribution in [1.29, 1.82) is 0 Å². The van der Waals surface area contributed by atoms with Crippen LogP contribution >= 0.6 is 23.4 Å². The first-order valence-corrected chi connectivity index (χ1v) is 10.1. The van der Waals surface area contributed by atoms with Gasteiger partial charge in [0.05, 0.1) is 23.3 Å². The van der Waals surface area contributed by atoms with Gasteiger partial charge >= 0.3 is 5.97 Å². The number of amides is 2. The van der Waals surface area contributed by atoms with E-state index >= 15 is 0 Å². The summed E-state index contributed by atoms with van der Waals surface area (Å²) in [4.78, 5) is 41.8. The first-order valence-electron chi connectivity index (χ1n) is 8.94. The van der Waals surface area contributed by atoms with Gasteiger partial charge < -0.3 is 15.2 Å². The molecule has 10 heteroatoms. The minimum Gasteiger partial charge on any atom is -0.483 e. The average Bonchev–Trinajstić information content (AvgIpc) is 3.00. The molecule has 0 saturated carbocycles. The predicted molar refractivity (Wildman–Crippen MR) is 119 cm³/mol. The average molecular weight is 460 g/mol. The number of halogens is 1. The normalized spacial score (nSPS) is 16.1. The van der Waals surface area contributed by atoms with Gasteiger partial charge in [0.2, 0.25) is 0 Å². The Kier molecular flexibility index (Phi) is 6.98. The molecule has 0 bridgehead atoms. The van der Waals surface area contributed by atoms with Crippen molar-refractivity contribution < 1.29 is 23.9 Å². The van der Waals surface area contributed by atoms with Crippen LogP contribution in [0.5, 0.6) is 5.75 Å². The zero-order valence-corrected chi connectivity index (χ0v) is 18.2. The second-order valence-corrected chi connectivity index (χ2v) is 7.79. The Bertz CT molecular complexity index is 1120. The van der Waals surface area contributed by atoms with Gasteiger partial charge in [-0.3, -0.25) is 14.5 Å². The maximum absolute atomic E-state index is 12.7. The summed E-state index contributed by atoms with van der Waals surface area (Å²) in [6.07, 6.45) is 1.61. The summed E-state index contributed by atoms with van der Waals surface area (Å²) in [5.41, 5.74) is 6.51. The van der Waals surface area contributed by atoms with Gasteiger partial charge in [-0.15, -0.1) is 0 Å². The minimum atomic E-state index is -0.622. The molecule has 3 rings (SSSR count). The lowest BCUT2D eigenvalue weighted by Gasteiger charge is -2.08. The van der Waals surface area contributed by atoms with Gasteiger partial charge in [-0.1, -0.05) is 17.7 Å². The first-order chi connectivity index (χ1) is 14.8. The number of nitrogens with zero attached hydrogens (tertiary/aromatic N) is 2. The highest BCUT2D eigenvalue weighted by molar-refractivity contribution is 8.18. The predicted octanol–water partition coefficient (Wildman–Crippen LogP) is 3.22. The number of hydrogen-bond acceptors (Lipinski definition) is 7. The molecule has 2 aromatic rings. The van der Waals surface area contributed by atoms with Crippen molar-refractivity contribution in [3.05, 3.63) is 63.5 Å². The second kappa shape index (κ2) is 9.67. The lowest BCUT2D eigenvalue weighted by atomic mass is 10.2. The molecule has 1 aliphatic heterocycles. The van der Waals surface area contributed by atoms with Crippen LogP contribution in [-0.2, 0) is 14.3 Å². The topological polar surface area (TPSA) is 111 Å². The number of esters is 1. The molecule has 0 aliphatic carbocycles. The number of thioether (sulfide) groups is 1. The molecule has 1 fully saturated rings. The van der Waals surface area contributed by atoms with Crippen LogP contribution in [0.25, 0.3) is 6.08 Å². The molecule has 160 valence electrons. The molecule has 1 aliphatic rings. The third-order valence-corrected chi connectivity index (χ3v) is 5.42. The fourth-order valence-electron chi connectivity index (χ4n) is 2.64. The Hall–Kier alpha value is -3.30. The Morgan fingerprint density at radius 2 is 2.03 bits per heavy atom. The summed E-state index contributed by atoms with van der Waals surface area (Å²) in [6, 6.07) is 11.4. The number of rotatable bonds is 6. The van der Waals surface area contributed by atoms with E-state index in [0.29, 0.717) is 37.7 Å². The lowest BCUT2D eigenvalue weighted by Crippen LogP contribution is -2.23. The van der Waals surface area contributed by atoms with E-state index in [2.05, 4.69) is 4.99 Å². The van der Waals surface area contributed by atoms with Crippen LogP contribution in [0.1, 0.15) is 15.9 Å². The van der Waals surface area contributed by atoms with Crippen molar-refractivity contribution in [3.8, 4) is 5.75 Å². The molecule has 2 aromatic carbocycles. The van der Waals surface area contributed by atoms with Crippen LogP contribution in [0.2, 0.25) is 5.02 Å². The molecule has 2 amide bonds. The van der Waals surface area contributed by atoms with E-state index in [4.69, 9.17) is 26.8 Å². The fourth-order valence-corrected chi connectivity index (χ4v) is 3.79. The van der Waals surface area contributed by atoms with Gasteiger partial charge in [0, 0.05) is 17.6 Å². The zero-order valence-electron chi connectivity index (χ0n) is 16.6. The summed E-state index contributed by atoms with van der Waals surface area (Å²) >= 11 is 7.23. The minimum absolute atomic E-state index is 0.270. The summed E-state index contributed by atoms with van der Waals surface area (Å²) in [5.74, 6) is -1.00. The van der Waals surface area contributed by atoms with Crippen molar-refractivity contribution in [2.75, 3.05) is 20.8 Å². The lowest BCUT2D eigenvalue weighted by molar-refractivity contribution is -0.121. The number of aliphatic imine (C=N–C) groups is 1. The van der Waals surface area contributed by atoms with E-state index in [0.717, 1.165) is 11.8 Å². The van der Waals surface area contributed by atoms with Gasteiger partial charge in [0.15, 0.2) is 11.8 Å². The van der Waals surface area contributed by atoms with Crippen molar-refractivity contribution in [3.63, 3.8) is 0 Å². The monoisotopic (exact) mass is 459 g/mol. The van der Waals surface area contributed by atoms with E-state index in [-0.39, 0.29) is 12.5 Å². The smallest absolute Gasteiger partial charge is 0.337 e. The van der Waals surface area contributed by atoms with Crippen LogP contribution in [0, 0.1) is 0 Å². The van der Waals surface area contributed by atoms with Gasteiger partial charge in [0.1, 0.15) is 5.75 Å². The molecule has 31 heavy (non-hydrogen) atoms. The summed E-state index contributed by atoms with van der Waals surface area (Å²) in [6.45, 7) is -0.304. The number of carbonyl (C=O) groups is 3. The van der Waals surface area contributed by atoms with Gasteiger partial charge in [-0.05, 0) is 54.2 Å². The fraction of sp³-hybridized carbons (Fsp3) is 0.143. The molecular weight excluding hydrogens is 442 g/mol. The van der Waals surface area contributed by atoms with Crippen molar-refractivity contribution in [2.24, 2.45) is 10.7 Å². The van der Waals surface area contributed by atoms with Crippen molar-refractivity contribution >= 4 is 58.1 Å². The number of methoxy groups -OCH3 is 1. The number of ether oxygens (including phenoxy) is 2. The number of amidine groups is 1. The van der Waals surface area contributed by atoms with Crippen LogP contribution in [0.15, 0.2) is 52.4 Å². The van der Waals surface area contributed by atoms with E-state index in [1.807, 2.05) is 0 Å². The first kappa shape index (κ1) is 22.4. The van der Waals surface area contributed by atoms with Crippen molar-refractivity contribution in [1.82, 2.24) is 4.90 Å². The second-order valence-electron chi connectivity index (χ2n) is 6.35. The maximum Gasteiger partial charge on any atom is 0.337 e. The van der Waals surface area contributed by atoms with E-state index in [1.54, 1.807) is 55.6 Å². The third kappa shape index (κ3) is 5.44. The largest absolute Gasteiger partial charge is 0.483 e. The van der Waals surface area contributed by atoms with Gasteiger partial charge in [-0.25, -0.2) is 9.79 Å². The van der Waals surface area contributed by atoms with Gasteiger partial charge in [0.25, 0.3) is 11.8 Å². The molecule has 0 aromatic heterocycles. The molecule has 1 heterocycles. The van der Waals surface area contributed by atoms with Gasteiger partial charge in [-0.2, -0.15) is 0 Å². The number of likely N-dealkylation sites (N-methyl/N-ethyl adjacent to an activating group) is 1. The van der Waals surface area contributed by atoms with Crippen LogP contribution in [-0.4, -0.2) is 48.6 Å². The molecule has 0 unspecified atom stereocenters. The Morgan fingerprint density at radius 1 is 1.26 bits per heavy atom. The Labute approximate surface area is 187 Å². The summed E-state index contributed by atoms with van der Waals surface area (Å²) < 4.78 is 10.1. The molecule has 1 saturated heterocycles. The molecule has 2 N–H and O–H groups in total. The highest BCUT2D eigenvalue weighted by atomic mass is 35.5.